The monoisotopic (exact) mass is 440 g/mol. The SMILES string of the molecule is FC(F)(F)Oc1ccc(-n2cc(CN(Cc3ccccn3)Cc3ccccn3)nn2)cc1. The van der Waals surface area contributed by atoms with Gasteiger partial charge in [0.25, 0.3) is 0 Å². The van der Waals surface area contributed by atoms with Crippen LogP contribution >= 0.6 is 0 Å². The number of pyridine rings is 2. The highest BCUT2D eigenvalue weighted by atomic mass is 19.4. The smallest absolute Gasteiger partial charge is 0.406 e. The van der Waals surface area contributed by atoms with Crippen molar-refractivity contribution < 1.29 is 17.9 Å². The second-order valence-corrected chi connectivity index (χ2v) is 6.98. The molecule has 0 aliphatic heterocycles. The van der Waals surface area contributed by atoms with E-state index in [0.29, 0.717) is 31.0 Å². The molecule has 0 saturated heterocycles. The van der Waals surface area contributed by atoms with Crippen molar-refractivity contribution in [2.45, 2.75) is 26.0 Å². The van der Waals surface area contributed by atoms with Gasteiger partial charge in [0.2, 0.25) is 0 Å². The van der Waals surface area contributed by atoms with Crippen molar-refractivity contribution in [3.63, 3.8) is 0 Å². The molecule has 0 bridgehead atoms. The summed E-state index contributed by atoms with van der Waals surface area (Å²) in [7, 11) is 0. The Morgan fingerprint density at radius 1 is 0.781 bits per heavy atom. The molecule has 0 amide bonds. The lowest BCUT2D eigenvalue weighted by atomic mass is 10.2. The molecule has 0 aliphatic rings. The topological polar surface area (TPSA) is 69.0 Å². The molecule has 164 valence electrons. The van der Waals surface area contributed by atoms with Crippen LogP contribution in [0.2, 0.25) is 0 Å². The molecular weight excluding hydrogens is 421 g/mol. The second-order valence-electron chi connectivity index (χ2n) is 6.98. The Kier molecular flexibility index (Phi) is 6.41. The minimum atomic E-state index is -4.73. The Morgan fingerprint density at radius 3 is 1.91 bits per heavy atom. The molecule has 4 rings (SSSR count). The van der Waals surface area contributed by atoms with Crippen molar-refractivity contribution in [3.05, 3.63) is 96.3 Å². The first-order valence-corrected chi connectivity index (χ1v) is 9.74. The van der Waals surface area contributed by atoms with Crippen LogP contribution in [0.3, 0.4) is 0 Å². The Morgan fingerprint density at radius 2 is 1.38 bits per heavy atom. The molecule has 3 aromatic heterocycles. The van der Waals surface area contributed by atoms with Crippen LogP contribution in [0.5, 0.6) is 5.75 Å². The van der Waals surface area contributed by atoms with E-state index in [4.69, 9.17) is 0 Å². The third-order valence-electron chi connectivity index (χ3n) is 4.48. The van der Waals surface area contributed by atoms with Crippen molar-refractivity contribution in [3.8, 4) is 11.4 Å². The van der Waals surface area contributed by atoms with Gasteiger partial charge < -0.3 is 4.74 Å². The van der Waals surface area contributed by atoms with Crippen molar-refractivity contribution in [2.24, 2.45) is 0 Å². The number of ether oxygens (including phenoxy) is 1. The van der Waals surface area contributed by atoms with E-state index in [1.807, 2.05) is 36.4 Å². The summed E-state index contributed by atoms with van der Waals surface area (Å²) in [6, 6.07) is 16.9. The van der Waals surface area contributed by atoms with Crippen LogP contribution in [-0.4, -0.2) is 36.2 Å². The predicted octanol–water partition coefficient (Wildman–Crippen LogP) is 4.16. The van der Waals surface area contributed by atoms with Crippen molar-refractivity contribution in [2.75, 3.05) is 0 Å². The minimum Gasteiger partial charge on any atom is -0.406 e. The maximum absolute atomic E-state index is 12.3. The molecule has 7 nitrogen and oxygen atoms in total. The third kappa shape index (κ3) is 6.11. The van der Waals surface area contributed by atoms with Crippen LogP contribution in [0.4, 0.5) is 13.2 Å². The maximum Gasteiger partial charge on any atom is 0.573 e. The number of hydrogen-bond donors (Lipinski definition) is 0. The van der Waals surface area contributed by atoms with E-state index in [-0.39, 0.29) is 5.75 Å². The van der Waals surface area contributed by atoms with Gasteiger partial charge in [0.15, 0.2) is 0 Å². The number of alkyl halides is 3. The molecule has 32 heavy (non-hydrogen) atoms. The zero-order valence-corrected chi connectivity index (χ0v) is 16.9. The van der Waals surface area contributed by atoms with Gasteiger partial charge in [-0.3, -0.25) is 14.9 Å². The summed E-state index contributed by atoms with van der Waals surface area (Å²) in [5, 5.41) is 8.32. The van der Waals surface area contributed by atoms with Gasteiger partial charge in [0.05, 0.1) is 29.0 Å². The van der Waals surface area contributed by atoms with E-state index in [9.17, 15) is 13.2 Å². The summed E-state index contributed by atoms with van der Waals surface area (Å²) in [5.41, 5.74) is 3.10. The summed E-state index contributed by atoms with van der Waals surface area (Å²) in [5.74, 6) is -0.293. The van der Waals surface area contributed by atoms with E-state index in [1.165, 1.54) is 28.9 Å². The number of aromatic nitrogens is 5. The molecule has 3 heterocycles. The second kappa shape index (κ2) is 9.56. The van der Waals surface area contributed by atoms with Gasteiger partial charge >= 0.3 is 6.36 Å². The highest BCUT2D eigenvalue weighted by Crippen LogP contribution is 2.23. The Hall–Kier alpha value is -3.79. The van der Waals surface area contributed by atoms with Gasteiger partial charge in [-0.25, -0.2) is 4.68 Å². The van der Waals surface area contributed by atoms with Crippen LogP contribution < -0.4 is 4.74 Å². The third-order valence-corrected chi connectivity index (χ3v) is 4.48. The fourth-order valence-electron chi connectivity index (χ4n) is 3.14. The Balaban J connectivity index is 1.48. The fourth-order valence-corrected chi connectivity index (χ4v) is 3.14. The average molecular weight is 440 g/mol. The zero-order valence-electron chi connectivity index (χ0n) is 16.9. The van der Waals surface area contributed by atoms with E-state index in [2.05, 4.69) is 29.9 Å². The molecule has 1 aromatic carbocycles. The van der Waals surface area contributed by atoms with Gasteiger partial charge in [-0.2, -0.15) is 0 Å². The van der Waals surface area contributed by atoms with Crippen LogP contribution in [-0.2, 0) is 19.6 Å². The molecular formula is C22H19F3N6O. The molecule has 0 radical (unpaired) electrons. The molecule has 0 aliphatic carbocycles. The van der Waals surface area contributed by atoms with Crippen molar-refractivity contribution >= 4 is 0 Å². The van der Waals surface area contributed by atoms with Crippen molar-refractivity contribution in [1.29, 1.82) is 0 Å². The normalized spacial score (nSPS) is 11.6. The first kappa shape index (κ1) is 21.4. The number of nitrogens with zero attached hydrogens (tertiary/aromatic N) is 6. The first-order valence-electron chi connectivity index (χ1n) is 9.74. The lowest BCUT2D eigenvalue weighted by molar-refractivity contribution is -0.274. The summed E-state index contributed by atoms with van der Waals surface area (Å²) in [4.78, 5) is 10.9. The van der Waals surface area contributed by atoms with Gasteiger partial charge in [0.1, 0.15) is 5.75 Å². The fraction of sp³-hybridized carbons (Fsp3) is 0.182. The highest BCUT2D eigenvalue weighted by Gasteiger charge is 2.31. The molecule has 4 aromatic rings. The molecule has 0 saturated carbocycles. The Labute approximate surface area is 182 Å². The largest absolute Gasteiger partial charge is 0.573 e. The quantitative estimate of drug-likeness (QED) is 0.410. The van der Waals surface area contributed by atoms with Gasteiger partial charge in [-0.15, -0.1) is 18.3 Å². The lowest BCUT2D eigenvalue weighted by Crippen LogP contribution is -2.23. The van der Waals surface area contributed by atoms with Crippen LogP contribution in [0.25, 0.3) is 5.69 Å². The van der Waals surface area contributed by atoms with Crippen molar-refractivity contribution in [1.82, 2.24) is 29.9 Å². The molecule has 0 N–H and O–H groups in total. The first-order chi connectivity index (χ1) is 15.4. The van der Waals surface area contributed by atoms with E-state index >= 15 is 0 Å². The average Bonchev–Trinajstić information content (AvgIpc) is 3.23. The van der Waals surface area contributed by atoms with Gasteiger partial charge in [-0.1, -0.05) is 17.3 Å². The van der Waals surface area contributed by atoms with Gasteiger partial charge in [-0.05, 0) is 48.5 Å². The number of hydrogen-bond acceptors (Lipinski definition) is 6. The van der Waals surface area contributed by atoms with Crippen LogP contribution in [0, 0.1) is 0 Å². The summed E-state index contributed by atoms with van der Waals surface area (Å²) < 4.78 is 42.4. The molecule has 0 spiro atoms. The Bertz CT molecular complexity index is 1080. The van der Waals surface area contributed by atoms with Gasteiger partial charge in [0, 0.05) is 32.0 Å². The van der Waals surface area contributed by atoms with E-state index in [0.717, 1.165) is 11.4 Å². The molecule has 0 atom stereocenters. The van der Waals surface area contributed by atoms with E-state index in [1.54, 1.807) is 18.6 Å². The summed E-state index contributed by atoms with van der Waals surface area (Å²) in [6.07, 6.45) is 0.504. The summed E-state index contributed by atoms with van der Waals surface area (Å²) in [6.45, 7) is 1.67. The van der Waals surface area contributed by atoms with Crippen LogP contribution in [0.1, 0.15) is 17.1 Å². The highest BCUT2D eigenvalue weighted by molar-refractivity contribution is 5.36. The lowest BCUT2D eigenvalue weighted by Gasteiger charge is -2.20. The number of benzene rings is 1. The summed E-state index contributed by atoms with van der Waals surface area (Å²) >= 11 is 0. The van der Waals surface area contributed by atoms with Crippen LogP contribution in [0.15, 0.2) is 79.3 Å². The molecule has 0 fully saturated rings. The molecule has 0 unspecified atom stereocenters. The number of rotatable bonds is 8. The maximum atomic E-state index is 12.3. The predicted molar refractivity (Wildman–Crippen MR) is 109 cm³/mol. The number of halogens is 3. The minimum absolute atomic E-state index is 0.293. The zero-order chi connectivity index (χ0) is 22.4. The van der Waals surface area contributed by atoms with E-state index < -0.39 is 6.36 Å². The molecule has 10 heteroatoms. The standard InChI is InChI=1S/C22H19F3N6O/c23-22(24,25)32-21-9-7-20(8-10-21)31-16-19(28-29-31)15-30(13-17-5-1-3-11-26-17)14-18-6-2-4-12-27-18/h1-12,16H,13-15H2.